The Labute approximate surface area is 193 Å². The van der Waals surface area contributed by atoms with Crippen LogP contribution in [0.1, 0.15) is 37.9 Å². The van der Waals surface area contributed by atoms with Crippen molar-refractivity contribution in [1.29, 1.82) is 0 Å². The van der Waals surface area contributed by atoms with Gasteiger partial charge in [-0.2, -0.15) is 0 Å². The molecule has 1 aliphatic rings. The number of benzene rings is 2. The number of hydrogen-bond donors (Lipinski definition) is 1. The van der Waals surface area contributed by atoms with Crippen LogP contribution in [-0.4, -0.2) is 33.0 Å². The quantitative estimate of drug-likeness (QED) is 0.582. The summed E-state index contributed by atoms with van der Waals surface area (Å²) < 4.78 is 6.02. The molecule has 31 heavy (non-hydrogen) atoms. The van der Waals surface area contributed by atoms with E-state index in [4.69, 9.17) is 17.0 Å². The first kappa shape index (κ1) is 23.3. The first-order chi connectivity index (χ1) is 14.9. The number of rotatable bonds is 7. The van der Waals surface area contributed by atoms with Crippen molar-refractivity contribution in [2.45, 2.75) is 39.5 Å². The molecule has 0 spiro atoms. The van der Waals surface area contributed by atoms with E-state index in [1.807, 2.05) is 67.6 Å². The first-order valence-electron chi connectivity index (χ1n) is 10.4. The molecule has 1 fully saturated rings. The number of carbonyl (C=O) groups is 2. The molecule has 0 unspecified atom stereocenters. The lowest BCUT2D eigenvalue weighted by atomic mass is 9.92. The monoisotopic (exact) mass is 456 g/mol. The highest BCUT2D eigenvalue weighted by atomic mass is 32.2. The van der Waals surface area contributed by atoms with Crippen LogP contribution >= 0.6 is 24.0 Å². The highest BCUT2D eigenvalue weighted by Gasteiger charge is 2.40. The van der Waals surface area contributed by atoms with Crippen molar-refractivity contribution in [2.24, 2.45) is 11.8 Å². The normalized spacial score (nSPS) is 18.0. The molecule has 7 heteroatoms. The van der Waals surface area contributed by atoms with Crippen LogP contribution in [0.3, 0.4) is 0 Å². The van der Waals surface area contributed by atoms with Gasteiger partial charge in [0.15, 0.2) is 0 Å². The summed E-state index contributed by atoms with van der Waals surface area (Å²) in [6.07, 6.45) is -0.559. The van der Waals surface area contributed by atoms with E-state index >= 15 is 0 Å². The van der Waals surface area contributed by atoms with Crippen molar-refractivity contribution in [3.63, 3.8) is 0 Å². The Kier molecular flexibility index (Phi) is 8.09. The average Bonchev–Trinajstić information content (AvgIpc) is 3.18. The third-order valence-electron chi connectivity index (χ3n) is 5.45. The van der Waals surface area contributed by atoms with E-state index in [2.05, 4.69) is 19.2 Å². The van der Waals surface area contributed by atoms with Crippen LogP contribution < -0.4 is 5.32 Å². The van der Waals surface area contributed by atoms with E-state index in [1.54, 1.807) is 4.90 Å². The number of alkyl carbamates (subject to hydrolysis) is 1. The van der Waals surface area contributed by atoms with Gasteiger partial charge < -0.3 is 10.1 Å². The molecule has 0 radical (unpaired) electrons. The van der Waals surface area contributed by atoms with Gasteiger partial charge in [0.1, 0.15) is 10.9 Å². The number of nitrogens with zero attached hydrogens (tertiary/aromatic N) is 1. The van der Waals surface area contributed by atoms with Crippen molar-refractivity contribution in [2.75, 3.05) is 5.75 Å². The first-order valence-corrected chi connectivity index (χ1v) is 11.8. The van der Waals surface area contributed by atoms with E-state index < -0.39 is 18.1 Å². The average molecular weight is 457 g/mol. The van der Waals surface area contributed by atoms with Crippen LogP contribution in [0.5, 0.6) is 0 Å². The third kappa shape index (κ3) is 5.86. The molecule has 164 valence electrons. The molecule has 3 rings (SSSR count). The van der Waals surface area contributed by atoms with Crippen LogP contribution in [0.25, 0.3) is 0 Å². The second-order valence-corrected chi connectivity index (χ2v) is 9.63. The predicted molar refractivity (Wildman–Crippen MR) is 129 cm³/mol. The minimum atomic E-state index is -0.559. The number of ether oxygens (including phenoxy) is 1. The van der Waals surface area contributed by atoms with Gasteiger partial charge in [-0.1, -0.05) is 105 Å². The van der Waals surface area contributed by atoms with Crippen LogP contribution in [0, 0.1) is 11.8 Å². The third-order valence-corrected chi connectivity index (χ3v) is 6.95. The van der Waals surface area contributed by atoms with Gasteiger partial charge in [-0.15, -0.1) is 0 Å². The van der Waals surface area contributed by atoms with Gasteiger partial charge in [0.2, 0.25) is 5.91 Å². The van der Waals surface area contributed by atoms with Gasteiger partial charge in [0.05, 0.1) is 12.0 Å². The van der Waals surface area contributed by atoms with E-state index in [0.29, 0.717) is 10.2 Å². The maximum absolute atomic E-state index is 13.5. The van der Waals surface area contributed by atoms with Crippen LogP contribution in [-0.2, 0) is 16.1 Å². The molecule has 2 aromatic rings. The maximum atomic E-state index is 13.5. The predicted octanol–water partition coefficient (Wildman–Crippen LogP) is 5.18. The summed E-state index contributed by atoms with van der Waals surface area (Å²) in [4.78, 5) is 27.8. The van der Waals surface area contributed by atoms with Gasteiger partial charge in [0, 0.05) is 11.8 Å². The fourth-order valence-electron chi connectivity index (χ4n) is 3.59. The van der Waals surface area contributed by atoms with Crippen molar-refractivity contribution in [3.8, 4) is 0 Å². The van der Waals surface area contributed by atoms with E-state index in [9.17, 15) is 9.59 Å². The number of thioether (sulfide) groups is 1. The number of nitrogens with one attached hydrogen (secondary N) is 1. The van der Waals surface area contributed by atoms with E-state index in [1.165, 1.54) is 11.8 Å². The standard InChI is InChI=1S/C24H28N2O3S2/c1-16(2)20-15-31-24(30)26(20)22(27)17(3)21(19-12-8-5-9-13-19)25-23(28)29-14-18-10-6-4-7-11-18/h4-13,16-17,20-21H,14-15H2,1-3H3,(H,25,28)/t17-,20-,21-/m1/s1. The zero-order valence-corrected chi connectivity index (χ0v) is 19.6. The molecule has 1 heterocycles. The number of thiocarbonyl (C=S) groups is 1. The summed E-state index contributed by atoms with van der Waals surface area (Å²) in [5.74, 6) is 0.510. The van der Waals surface area contributed by atoms with Crippen molar-refractivity contribution in [3.05, 3.63) is 71.8 Å². The smallest absolute Gasteiger partial charge is 0.407 e. The Bertz CT molecular complexity index is 906. The fourth-order valence-corrected chi connectivity index (χ4v) is 5.23. The fraction of sp³-hybridized carbons (Fsp3) is 0.375. The highest BCUT2D eigenvalue weighted by molar-refractivity contribution is 8.23. The lowest BCUT2D eigenvalue weighted by molar-refractivity contribution is -0.133. The zero-order chi connectivity index (χ0) is 22.4. The number of hydrogen-bond acceptors (Lipinski definition) is 5. The summed E-state index contributed by atoms with van der Waals surface area (Å²) in [5, 5.41) is 2.91. The van der Waals surface area contributed by atoms with Gasteiger partial charge >= 0.3 is 6.09 Å². The van der Waals surface area contributed by atoms with Crippen molar-refractivity contribution < 1.29 is 14.3 Å². The minimum Gasteiger partial charge on any atom is -0.445 e. The van der Waals surface area contributed by atoms with Crippen LogP contribution in [0.15, 0.2) is 60.7 Å². The Balaban J connectivity index is 1.76. The highest BCUT2D eigenvalue weighted by Crippen LogP contribution is 2.33. The van der Waals surface area contributed by atoms with E-state index in [0.717, 1.165) is 16.9 Å². The Morgan fingerprint density at radius 2 is 1.71 bits per heavy atom. The SMILES string of the molecule is CC(C)[C@H]1CSC(=S)N1C(=O)[C@H](C)[C@@H](NC(=O)OCc1ccccc1)c1ccccc1. The molecule has 0 aliphatic carbocycles. The summed E-state index contributed by atoms with van der Waals surface area (Å²) in [6, 6.07) is 18.5. The lowest BCUT2D eigenvalue weighted by Crippen LogP contribution is -2.47. The van der Waals surface area contributed by atoms with Crippen molar-refractivity contribution >= 4 is 40.3 Å². The molecule has 1 saturated heterocycles. The second kappa shape index (κ2) is 10.8. The molecule has 0 bridgehead atoms. The molecular formula is C24H28N2O3S2. The van der Waals surface area contributed by atoms with Gasteiger partial charge in [0.25, 0.3) is 0 Å². The Morgan fingerprint density at radius 1 is 1.10 bits per heavy atom. The molecule has 2 amide bonds. The molecule has 5 nitrogen and oxygen atoms in total. The van der Waals surface area contributed by atoms with Crippen LogP contribution in [0.4, 0.5) is 4.79 Å². The maximum Gasteiger partial charge on any atom is 0.407 e. The van der Waals surface area contributed by atoms with Gasteiger partial charge in [-0.25, -0.2) is 4.79 Å². The second-order valence-electron chi connectivity index (χ2n) is 7.98. The topological polar surface area (TPSA) is 58.6 Å². The van der Waals surface area contributed by atoms with Crippen molar-refractivity contribution in [1.82, 2.24) is 10.2 Å². The molecule has 0 aromatic heterocycles. The number of amides is 2. The number of carbonyl (C=O) groups excluding carboxylic acids is 2. The van der Waals surface area contributed by atoms with E-state index in [-0.39, 0.29) is 18.6 Å². The largest absolute Gasteiger partial charge is 0.445 e. The molecule has 3 atom stereocenters. The lowest BCUT2D eigenvalue weighted by Gasteiger charge is -2.32. The molecule has 2 aromatic carbocycles. The molecular weight excluding hydrogens is 428 g/mol. The van der Waals surface area contributed by atoms with Gasteiger partial charge in [-0.05, 0) is 17.0 Å². The molecule has 0 saturated carbocycles. The summed E-state index contributed by atoms with van der Waals surface area (Å²) in [7, 11) is 0. The minimum absolute atomic E-state index is 0.0638. The molecule has 1 aliphatic heterocycles. The molecule has 1 N–H and O–H groups in total. The summed E-state index contributed by atoms with van der Waals surface area (Å²) in [5.41, 5.74) is 1.75. The Hall–Kier alpha value is -2.38. The van der Waals surface area contributed by atoms with Crippen LogP contribution in [0.2, 0.25) is 0 Å². The Morgan fingerprint density at radius 3 is 2.32 bits per heavy atom. The zero-order valence-electron chi connectivity index (χ0n) is 18.0. The summed E-state index contributed by atoms with van der Waals surface area (Å²) >= 11 is 7.01. The van der Waals surface area contributed by atoms with Gasteiger partial charge in [-0.3, -0.25) is 9.69 Å². The summed E-state index contributed by atoms with van der Waals surface area (Å²) in [6.45, 7) is 6.19.